The maximum atomic E-state index is 8.73. The van der Waals surface area contributed by atoms with Crippen molar-refractivity contribution in [1.82, 2.24) is 9.80 Å². The van der Waals surface area contributed by atoms with E-state index in [1.54, 1.807) is 6.08 Å². The van der Waals surface area contributed by atoms with Crippen molar-refractivity contribution in [3.63, 3.8) is 0 Å². The first kappa shape index (κ1) is 14.3. The Morgan fingerprint density at radius 3 is 2.25 bits per heavy atom. The number of nitrogens with zero attached hydrogens (tertiary/aromatic N) is 4. The normalized spacial score (nSPS) is 16.1. The summed E-state index contributed by atoms with van der Waals surface area (Å²) in [4.78, 5) is 4.79. The lowest BCUT2D eigenvalue weighted by atomic mass is 10.1. The van der Waals surface area contributed by atoms with Gasteiger partial charge in [-0.2, -0.15) is 10.5 Å². The standard InChI is InChI=1S/C16H18N4/c1-19-6-8-20(9-7-19)13-15-4-2-14(3-5-15)10-16(11-17)12-18/h2-5,10H,6-9,13H2,1H3. The molecule has 1 aromatic rings. The van der Waals surface area contributed by atoms with E-state index in [4.69, 9.17) is 10.5 Å². The van der Waals surface area contributed by atoms with Gasteiger partial charge in [-0.15, -0.1) is 0 Å². The van der Waals surface area contributed by atoms with Crippen molar-refractivity contribution < 1.29 is 0 Å². The van der Waals surface area contributed by atoms with Gasteiger partial charge in [0, 0.05) is 32.7 Å². The van der Waals surface area contributed by atoms with Crippen molar-refractivity contribution >= 4 is 6.08 Å². The van der Waals surface area contributed by atoms with Crippen LogP contribution in [0, 0.1) is 22.7 Å². The molecule has 1 aliphatic rings. The summed E-state index contributed by atoms with van der Waals surface area (Å²) in [6.07, 6.45) is 1.61. The van der Waals surface area contributed by atoms with E-state index in [-0.39, 0.29) is 5.57 Å². The third-order valence-electron chi connectivity index (χ3n) is 3.53. The molecule has 2 rings (SSSR count). The maximum absolute atomic E-state index is 8.73. The zero-order chi connectivity index (χ0) is 14.4. The lowest BCUT2D eigenvalue weighted by molar-refractivity contribution is 0.148. The molecule has 0 amide bonds. The van der Waals surface area contributed by atoms with Crippen LogP contribution in [0.5, 0.6) is 0 Å². The summed E-state index contributed by atoms with van der Waals surface area (Å²) in [5.74, 6) is 0. The van der Waals surface area contributed by atoms with Crippen LogP contribution in [-0.2, 0) is 6.54 Å². The van der Waals surface area contributed by atoms with Crippen LogP contribution < -0.4 is 0 Å². The maximum Gasteiger partial charge on any atom is 0.130 e. The van der Waals surface area contributed by atoms with E-state index in [0.717, 1.165) is 38.3 Å². The number of nitriles is 2. The molecular formula is C16H18N4. The first-order chi connectivity index (χ1) is 9.71. The molecule has 4 nitrogen and oxygen atoms in total. The summed E-state index contributed by atoms with van der Waals surface area (Å²) in [5, 5.41) is 17.5. The molecule has 0 atom stereocenters. The number of likely N-dealkylation sites (N-methyl/N-ethyl adjacent to an activating group) is 1. The summed E-state index contributed by atoms with van der Waals surface area (Å²) in [6, 6.07) is 11.8. The van der Waals surface area contributed by atoms with Crippen LogP contribution in [-0.4, -0.2) is 43.0 Å². The minimum Gasteiger partial charge on any atom is -0.304 e. The minimum absolute atomic E-state index is 0.136. The lowest BCUT2D eigenvalue weighted by Gasteiger charge is -2.32. The van der Waals surface area contributed by atoms with E-state index < -0.39 is 0 Å². The van der Waals surface area contributed by atoms with Crippen molar-refractivity contribution in [2.75, 3.05) is 33.2 Å². The van der Waals surface area contributed by atoms with Crippen LogP contribution in [0.15, 0.2) is 29.8 Å². The number of benzene rings is 1. The Kier molecular flexibility index (Phi) is 4.90. The molecule has 0 N–H and O–H groups in total. The first-order valence-electron chi connectivity index (χ1n) is 6.73. The van der Waals surface area contributed by atoms with Gasteiger partial charge < -0.3 is 4.90 Å². The second-order valence-corrected chi connectivity index (χ2v) is 5.10. The number of rotatable bonds is 3. The Morgan fingerprint density at radius 1 is 1.10 bits per heavy atom. The highest BCUT2D eigenvalue weighted by atomic mass is 15.2. The van der Waals surface area contributed by atoms with E-state index >= 15 is 0 Å². The molecule has 0 bridgehead atoms. The zero-order valence-electron chi connectivity index (χ0n) is 11.7. The van der Waals surface area contributed by atoms with Crippen molar-refractivity contribution in [2.24, 2.45) is 0 Å². The fourth-order valence-corrected chi connectivity index (χ4v) is 2.24. The number of piperazine rings is 1. The number of hydrogen-bond acceptors (Lipinski definition) is 4. The molecule has 102 valence electrons. The Bertz CT molecular complexity index is 536. The van der Waals surface area contributed by atoms with Crippen molar-refractivity contribution in [2.45, 2.75) is 6.54 Å². The number of allylic oxidation sites excluding steroid dienone is 1. The Hall–Kier alpha value is -2.14. The fraction of sp³-hybridized carbons (Fsp3) is 0.375. The predicted molar refractivity (Wildman–Crippen MR) is 78.4 cm³/mol. The molecule has 1 fully saturated rings. The molecule has 0 saturated carbocycles. The smallest absolute Gasteiger partial charge is 0.130 e. The summed E-state index contributed by atoms with van der Waals surface area (Å²) in [5.41, 5.74) is 2.30. The van der Waals surface area contributed by atoms with E-state index in [0.29, 0.717) is 0 Å². The molecule has 1 heterocycles. The zero-order valence-corrected chi connectivity index (χ0v) is 11.7. The lowest BCUT2D eigenvalue weighted by Crippen LogP contribution is -2.43. The molecule has 4 heteroatoms. The highest BCUT2D eigenvalue weighted by molar-refractivity contribution is 5.61. The van der Waals surface area contributed by atoms with Gasteiger partial charge in [-0.3, -0.25) is 4.90 Å². The van der Waals surface area contributed by atoms with Gasteiger partial charge >= 0.3 is 0 Å². The van der Waals surface area contributed by atoms with E-state index in [9.17, 15) is 0 Å². The largest absolute Gasteiger partial charge is 0.304 e. The predicted octanol–water partition coefficient (Wildman–Crippen LogP) is 1.86. The summed E-state index contributed by atoms with van der Waals surface area (Å²) in [6.45, 7) is 5.40. The molecule has 0 aliphatic carbocycles. The summed E-state index contributed by atoms with van der Waals surface area (Å²) in [7, 11) is 2.15. The number of hydrogen-bond donors (Lipinski definition) is 0. The third-order valence-corrected chi connectivity index (χ3v) is 3.53. The van der Waals surface area contributed by atoms with Crippen LogP contribution in [0.4, 0.5) is 0 Å². The van der Waals surface area contributed by atoms with Crippen LogP contribution in [0.1, 0.15) is 11.1 Å². The van der Waals surface area contributed by atoms with Gasteiger partial charge in [-0.1, -0.05) is 24.3 Å². The van der Waals surface area contributed by atoms with Crippen LogP contribution in [0.3, 0.4) is 0 Å². The van der Waals surface area contributed by atoms with E-state index in [1.807, 2.05) is 24.3 Å². The second-order valence-electron chi connectivity index (χ2n) is 5.10. The van der Waals surface area contributed by atoms with Gasteiger partial charge in [0.1, 0.15) is 17.7 Å². The average Bonchev–Trinajstić information content (AvgIpc) is 2.49. The molecule has 1 saturated heterocycles. The van der Waals surface area contributed by atoms with Crippen molar-refractivity contribution in [3.05, 3.63) is 41.0 Å². The van der Waals surface area contributed by atoms with Crippen LogP contribution in [0.25, 0.3) is 6.08 Å². The molecule has 1 aliphatic heterocycles. The summed E-state index contributed by atoms with van der Waals surface area (Å²) >= 11 is 0. The van der Waals surface area contributed by atoms with Gasteiger partial charge in [0.2, 0.25) is 0 Å². The molecule has 20 heavy (non-hydrogen) atoms. The van der Waals surface area contributed by atoms with Crippen molar-refractivity contribution in [3.8, 4) is 12.1 Å². The van der Waals surface area contributed by atoms with Crippen molar-refractivity contribution in [1.29, 1.82) is 10.5 Å². The van der Waals surface area contributed by atoms with E-state index in [1.165, 1.54) is 5.56 Å². The van der Waals surface area contributed by atoms with Gasteiger partial charge in [0.25, 0.3) is 0 Å². The molecule has 0 spiro atoms. The highest BCUT2D eigenvalue weighted by Gasteiger charge is 2.13. The van der Waals surface area contributed by atoms with Crippen LogP contribution in [0.2, 0.25) is 0 Å². The summed E-state index contributed by atoms with van der Waals surface area (Å²) < 4.78 is 0. The Morgan fingerprint density at radius 2 is 1.70 bits per heavy atom. The minimum atomic E-state index is 0.136. The van der Waals surface area contributed by atoms with Gasteiger partial charge in [-0.25, -0.2) is 0 Å². The Balaban J connectivity index is 1.97. The molecular weight excluding hydrogens is 248 g/mol. The third kappa shape index (κ3) is 3.93. The fourth-order valence-electron chi connectivity index (χ4n) is 2.24. The van der Waals surface area contributed by atoms with Crippen LogP contribution >= 0.6 is 0 Å². The topological polar surface area (TPSA) is 54.1 Å². The van der Waals surface area contributed by atoms with Gasteiger partial charge in [0.15, 0.2) is 0 Å². The molecule has 0 aromatic heterocycles. The Labute approximate surface area is 120 Å². The quantitative estimate of drug-likeness (QED) is 0.784. The SMILES string of the molecule is CN1CCN(Cc2ccc(C=C(C#N)C#N)cc2)CC1. The van der Waals surface area contributed by atoms with Gasteiger partial charge in [0.05, 0.1) is 0 Å². The van der Waals surface area contributed by atoms with E-state index in [2.05, 4.69) is 29.0 Å². The molecule has 0 unspecified atom stereocenters. The second kappa shape index (κ2) is 6.86. The monoisotopic (exact) mass is 266 g/mol. The highest BCUT2D eigenvalue weighted by Crippen LogP contribution is 2.11. The average molecular weight is 266 g/mol. The van der Waals surface area contributed by atoms with Gasteiger partial charge in [-0.05, 0) is 24.3 Å². The first-order valence-corrected chi connectivity index (χ1v) is 6.73. The molecule has 0 radical (unpaired) electrons. The molecule has 1 aromatic carbocycles.